The van der Waals surface area contributed by atoms with Crippen LogP contribution in [0, 0.1) is 12.8 Å². The number of carbonyl (C=O) groups is 1. The number of aryl methyl sites for hydroxylation is 1. The highest BCUT2D eigenvalue weighted by Gasteiger charge is 2.23. The number of imidazole rings is 1. The molecule has 3 rings (SSSR count). The van der Waals surface area contributed by atoms with E-state index in [1.165, 1.54) is 6.42 Å². The summed E-state index contributed by atoms with van der Waals surface area (Å²) in [6.45, 7) is 5.60. The Bertz CT molecular complexity index is 648. The molecule has 0 saturated carbocycles. The van der Waals surface area contributed by atoms with E-state index < -0.39 is 5.97 Å². The number of aromatic carboxylic acids is 1. The van der Waals surface area contributed by atoms with Crippen molar-refractivity contribution < 1.29 is 9.90 Å². The summed E-state index contributed by atoms with van der Waals surface area (Å²) >= 11 is 0. The van der Waals surface area contributed by atoms with E-state index in [4.69, 9.17) is 5.11 Å². The molecule has 2 aromatic rings. The Morgan fingerprint density at radius 1 is 1.55 bits per heavy atom. The molecule has 22 heavy (non-hydrogen) atoms. The molecule has 1 saturated heterocycles. The molecule has 0 amide bonds. The molecule has 7 nitrogen and oxygen atoms in total. The molecule has 0 aliphatic carbocycles. The van der Waals surface area contributed by atoms with E-state index in [1.54, 1.807) is 6.20 Å². The van der Waals surface area contributed by atoms with Crippen LogP contribution in [0.15, 0.2) is 18.6 Å². The molecule has 0 spiro atoms. The van der Waals surface area contributed by atoms with Gasteiger partial charge in [-0.1, -0.05) is 0 Å². The van der Waals surface area contributed by atoms with Gasteiger partial charge < -0.3 is 9.67 Å². The minimum absolute atomic E-state index is 0.201. The lowest BCUT2D eigenvalue weighted by molar-refractivity contribution is 0.0687. The van der Waals surface area contributed by atoms with Gasteiger partial charge in [0.15, 0.2) is 0 Å². The van der Waals surface area contributed by atoms with Crippen LogP contribution in [0.1, 0.15) is 34.7 Å². The summed E-state index contributed by atoms with van der Waals surface area (Å²) in [4.78, 5) is 17.7. The molecular formula is C15H21N5O2. The molecule has 118 valence electrons. The third kappa shape index (κ3) is 3.19. The van der Waals surface area contributed by atoms with Crippen LogP contribution in [0.5, 0.6) is 0 Å². The maximum Gasteiger partial charge on any atom is 0.354 e. The number of likely N-dealkylation sites (tertiary alicyclic amines) is 1. The lowest BCUT2D eigenvalue weighted by Gasteiger charge is -2.32. The number of piperidine rings is 1. The van der Waals surface area contributed by atoms with Gasteiger partial charge in [-0.25, -0.2) is 9.78 Å². The number of H-pyrrole nitrogens is 1. The summed E-state index contributed by atoms with van der Waals surface area (Å²) in [6, 6.07) is 0. The summed E-state index contributed by atoms with van der Waals surface area (Å²) < 4.78 is 2.19. The van der Waals surface area contributed by atoms with Crippen LogP contribution in [-0.2, 0) is 13.1 Å². The molecule has 2 aromatic heterocycles. The fourth-order valence-electron chi connectivity index (χ4n) is 3.18. The molecule has 3 heterocycles. The van der Waals surface area contributed by atoms with E-state index in [9.17, 15) is 4.79 Å². The van der Waals surface area contributed by atoms with E-state index >= 15 is 0 Å². The molecule has 1 aliphatic rings. The fraction of sp³-hybridized carbons (Fsp3) is 0.533. The van der Waals surface area contributed by atoms with Crippen LogP contribution in [-0.4, -0.2) is 48.8 Å². The number of carboxylic acids is 1. The van der Waals surface area contributed by atoms with Gasteiger partial charge in [0.05, 0.1) is 6.20 Å². The Labute approximate surface area is 129 Å². The van der Waals surface area contributed by atoms with Crippen molar-refractivity contribution in [2.45, 2.75) is 32.9 Å². The van der Waals surface area contributed by atoms with Gasteiger partial charge in [0, 0.05) is 37.6 Å². The molecule has 0 aromatic carbocycles. The summed E-state index contributed by atoms with van der Waals surface area (Å²) in [5.41, 5.74) is 0.958. The first-order valence-electron chi connectivity index (χ1n) is 7.59. The van der Waals surface area contributed by atoms with Crippen molar-refractivity contribution in [3.63, 3.8) is 0 Å². The van der Waals surface area contributed by atoms with Gasteiger partial charge in [-0.2, -0.15) is 5.10 Å². The van der Waals surface area contributed by atoms with Crippen molar-refractivity contribution in [3.8, 4) is 0 Å². The lowest BCUT2D eigenvalue weighted by atomic mass is 9.97. The SMILES string of the molecule is Cc1nccn1C[C@@H]1CCCN(Cc2cn[nH]c2C(=O)O)C1. The van der Waals surface area contributed by atoms with Crippen molar-refractivity contribution >= 4 is 5.97 Å². The van der Waals surface area contributed by atoms with E-state index in [1.807, 2.05) is 19.3 Å². The second kappa shape index (κ2) is 6.31. The van der Waals surface area contributed by atoms with Gasteiger partial charge >= 0.3 is 5.97 Å². The number of hydrogen-bond acceptors (Lipinski definition) is 4. The largest absolute Gasteiger partial charge is 0.477 e. The third-order valence-electron chi connectivity index (χ3n) is 4.31. The van der Waals surface area contributed by atoms with Gasteiger partial charge in [-0.05, 0) is 32.2 Å². The molecule has 2 N–H and O–H groups in total. The van der Waals surface area contributed by atoms with E-state index in [0.29, 0.717) is 12.5 Å². The second-order valence-corrected chi connectivity index (χ2v) is 5.95. The van der Waals surface area contributed by atoms with Crippen LogP contribution in [0.2, 0.25) is 0 Å². The molecular weight excluding hydrogens is 282 g/mol. The number of nitrogens with zero attached hydrogens (tertiary/aromatic N) is 4. The Morgan fingerprint density at radius 3 is 3.14 bits per heavy atom. The number of rotatable bonds is 5. The zero-order valence-corrected chi connectivity index (χ0v) is 12.7. The minimum atomic E-state index is -0.949. The van der Waals surface area contributed by atoms with Crippen LogP contribution >= 0.6 is 0 Å². The zero-order chi connectivity index (χ0) is 15.5. The van der Waals surface area contributed by atoms with Gasteiger partial charge in [0.25, 0.3) is 0 Å². The molecule has 0 unspecified atom stereocenters. The molecule has 7 heteroatoms. The van der Waals surface area contributed by atoms with Crippen molar-refractivity contribution in [2.75, 3.05) is 13.1 Å². The number of hydrogen-bond donors (Lipinski definition) is 2. The summed E-state index contributed by atoms with van der Waals surface area (Å²) in [7, 11) is 0. The quantitative estimate of drug-likeness (QED) is 0.874. The predicted octanol–water partition coefficient (Wildman–Crippen LogP) is 1.53. The molecule has 0 bridgehead atoms. The Morgan fingerprint density at radius 2 is 2.41 bits per heavy atom. The van der Waals surface area contributed by atoms with Crippen molar-refractivity contribution in [3.05, 3.63) is 35.7 Å². The van der Waals surface area contributed by atoms with E-state index in [-0.39, 0.29) is 5.69 Å². The third-order valence-corrected chi connectivity index (χ3v) is 4.31. The highest BCUT2D eigenvalue weighted by atomic mass is 16.4. The van der Waals surface area contributed by atoms with Gasteiger partial charge in [-0.15, -0.1) is 0 Å². The molecule has 1 aliphatic heterocycles. The molecule has 1 atom stereocenters. The van der Waals surface area contributed by atoms with Crippen molar-refractivity contribution in [1.82, 2.24) is 24.6 Å². The number of aromatic amines is 1. The first-order valence-corrected chi connectivity index (χ1v) is 7.59. The van der Waals surface area contributed by atoms with Crippen molar-refractivity contribution in [2.24, 2.45) is 5.92 Å². The Balaban J connectivity index is 1.62. The second-order valence-electron chi connectivity index (χ2n) is 5.95. The maximum absolute atomic E-state index is 11.1. The van der Waals surface area contributed by atoms with Crippen LogP contribution < -0.4 is 0 Å². The summed E-state index contributed by atoms with van der Waals surface area (Å²) in [5, 5.41) is 15.6. The first kappa shape index (κ1) is 14.8. The van der Waals surface area contributed by atoms with Crippen LogP contribution in [0.3, 0.4) is 0 Å². The number of aromatic nitrogens is 4. The van der Waals surface area contributed by atoms with Gasteiger partial charge in [-0.3, -0.25) is 10.00 Å². The smallest absolute Gasteiger partial charge is 0.354 e. The van der Waals surface area contributed by atoms with E-state index in [2.05, 4.69) is 24.6 Å². The highest BCUT2D eigenvalue weighted by molar-refractivity contribution is 5.86. The van der Waals surface area contributed by atoms with Crippen molar-refractivity contribution in [1.29, 1.82) is 0 Å². The zero-order valence-electron chi connectivity index (χ0n) is 12.7. The highest BCUT2D eigenvalue weighted by Crippen LogP contribution is 2.21. The van der Waals surface area contributed by atoms with Gasteiger partial charge in [0.2, 0.25) is 0 Å². The lowest BCUT2D eigenvalue weighted by Crippen LogP contribution is -2.36. The summed E-state index contributed by atoms with van der Waals surface area (Å²) in [6.07, 6.45) is 7.81. The first-order chi connectivity index (χ1) is 10.6. The minimum Gasteiger partial charge on any atom is -0.477 e. The summed E-state index contributed by atoms with van der Waals surface area (Å²) in [5.74, 6) is 0.664. The van der Waals surface area contributed by atoms with E-state index in [0.717, 1.165) is 37.4 Å². The average Bonchev–Trinajstić information content (AvgIpc) is 3.09. The fourth-order valence-corrected chi connectivity index (χ4v) is 3.18. The van der Waals surface area contributed by atoms with Gasteiger partial charge in [0.1, 0.15) is 11.5 Å². The van der Waals surface area contributed by atoms with Crippen LogP contribution in [0.25, 0.3) is 0 Å². The monoisotopic (exact) mass is 303 g/mol. The van der Waals surface area contributed by atoms with Crippen LogP contribution in [0.4, 0.5) is 0 Å². The standard InChI is InChI=1S/C15H21N5O2/c1-11-16-4-6-20(11)9-12-3-2-5-19(8-12)10-13-7-17-18-14(13)15(21)22/h4,6-7,12H,2-3,5,8-10H2,1H3,(H,17,18)(H,21,22)/t12-/m1/s1. The molecule has 1 fully saturated rings. The average molecular weight is 303 g/mol. The Hall–Kier alpha value is -2.15. The predicted molar refractivity (Wildman–Crippen MR) is 80.5 cm³/mol. The normalized spacial score (nSPS) is 19.4. The maximum atomic E-state index is 11.1. The molecule has 0 radical (unpaired) electrons. The number of carboxylic acid groups (broad SMARTS) is 1. The number of nitrogens with one attached hydrogen (secondary N) is 1. The Kier molecular flexibility index (Phi) is 4.24. The topological polar surface area (TPSA) is 87.0 Å².